The number of rotatable bonds is 4. The van der Waals surface area contributed by atoms with Crippen molar-refractivity contribution < 1.29 is 34.1 Å². The minimum atomic E-state index is -4.69. The predicted octanol–water partition coefficient (Wildman–Crippen LogP) is -0.412. The molecule has 12 heavy (non-hydrogen) atoms. The second-order valence-corrected chi connectivity index (χ2v) is 3.97. The first-order valence-corrected chi connectivity index (χ1v) is 4.43. The van der Waals surface area contributed by atoms with Gasteiger partial charge in [-0.15, -0.1) is 0 Å². The van der Waals surface area contributed by atoms with E-state index in [1.807, 2.05) is 0 Å². The normalized spacial score (nSPS) is 14.8. The first-order chi connectivity index (χ1) is 5.27. The van der Waals surface area contributed by atoms with Crippen molar-refractivity contribution in [3.8, 4) is 0 Å². The van der Waals surface area contributed by atoms with Crippen molar-refractivity contribution in [2.24, 2.45) is 0 Å². The molecule has 0 rings (SSSR count). The van der Waals surface area contributed by atoms with Gasteiger partial charge in [-0.1, -0.05) is 0 Å². The Bertz CT molecular complexity index is 279. The Morgan fingerprint density at radius 2 is 1.58 bits per heavy atom. The Morgan fingerprint density at radius 3 is 1.83 bits per heavy atom. The summed E-state index contributed by atoms with van der Waals surface area (Å²) in [4.78, 5) is 38.5. The molecule has 0 aliphatic rings. The van der Waals surface area contributed by atoms with Gasteiger partial charge in [-0.2, -0.15) is 0 Å². The van der Waals surface area contributed by atoms with Gasteiger partial charge in [-0.25, -0.2) is 9.59 Å². The zero-order valence-electron chi connectivity index (χ0n) is 5.63. The maximum absolute atomic E-state index is 10.5. The summed E-state index contributed by atoms with van der Waals surface area (Å²) in [5.74, 6) is -3.52. The minimum absolute atomic E-state index is 1.38. The fourth-order valence-electron chi connectivity index (χ4n) is 0.330. The summed E-state index contributed by atoms with van der Waals surface area (Å²) in [6.07, 6.45) is -1.38. The lowest BCUT2D eigenvalue weighted by molar-refractivity contribution is -0.147. The van der Waals surface area contributed by atoms with Crippen molar-refractivity contribution in [1.29, 1.82) is 0 Å². The zero-order valence-corrected chi connectivity index (χ0v) is 6.52. The molecule has 3 N–H and O–H groups in total. The van der Waals surface area contributed by atoms with E-state index in [0.717, 1.165) is 0 Å². The van der Waals surface area contributed by atoms with Gasteiger partial charge < -0.3 is 15.1 Å². The lowest BCUT2D eigenvalue weighted by atomic mass is 10.5. The van der Waals surface area contributed by atoms with Crippen molar-refractivity contribution >= 4 is 24.8 Å². The first-order valence-electron chi connectivity index (χ1n) is 2.59. The smallest absolute Gasteiger partial charge is 0.389 e. The molecule has 0 spiro atoms. The van der Waals surface area contributed by atoms with E-state index in [1.54, 1.807) is 0 Å². The standard InChI is InChI=1S/C4H5O7P/c5-2(3(6)7)1-12(10,11)4(8)9/h1H2,(H,6,7)(H,8,9)(H,10,11). The first kappa shape index (κ1) is 10.8. The van der Waals surface area contributed by atoms with Crippen LogP contribution in [-0.4, -0.2) is 38.7 Å². The van der Waals surface area contributed by atoms with Crippen LogP contribution in [0.1, 0.15) is 0 Å². The maximum Gasteiger partial charge on any atom is 0.389 e. The molecule has 0 heterocycles. The van der Waals surface area contributed by atoms with E-state index in [0.29, 0.717) is 0 Å². The third kappa shape index (κ3) is 2.81. The molecule has 1 atom stereocenters. The van der Waals surface area contributed by atoms with Gasteiger partial charge in [0, 0.05) is 0 Å². The van der Waals surface area contributed by atoms with Crippen molar-refractivity contribution in [3.05, 3.63) is 0 Å². The van der Waals surface area contributed by atoms with E-state index < -0.39 is 31.0 Å². The van der Waals surface area contributed by atoms with Gasteiger partial charge in [0.25, 0.3) is 0 Å². The molecule has 0 saturated heterocycles. The fraction of sp³-hybridized carbons (Fsp3) is 0.250. The highest BCUT2D eigenvalue weighted by atomic mass is 31.2. The highest BCUT2D eigenvalue weighted by molar-refractivity contribution is 7.75. The summed E-state index contributed by atoms with van der Waals surface area (Å²) in [6.45, 7) is 0. The van der Waals surface area contributed by atoms with Gasteiger partial charge in [0.15, 0.2) is 0 Å². The second-order valence-electron chi connectivity index (χ2n) is 1.87. The highest BCUT2D eigenvalue weighted by Gasteiger charge is 2.33. The quantitative estimate of drug-likeness (QED) is 0.411. The number of ketones is 1. The average molecular weight is 196 g/mol. The summed E-state index contributed by atoms with van der Waals surface area (Å²) in [6, 6.07) is 0. The number of carbonyl (C=O) groups excluding carboxylic acids is 1. The Kier molecular flexibility index (Phi) is 3.12. The lowest BCUT2D eigenvalue weighted by Gasteiger charge is -2.01. The Balaban J connectivity index is 4.47. The van der Waals surface area contributed by atoms with Gasteiger partial charge in [-0.05, 0) is 0 Å². The van der Waals surface area contributed by atoms with Gasteiger partial charge in [0.1, 0.15) is 6.16 Å². The Morgan fingerprint density at radius 1 is 1.17 bits per heavy atom. The third-order valence-corrected chi connectivity index (χ3v) is 2.21. The number of carboxylic acids is 1. The summed E-state index contributed by atoms with van der Waals surface area (Å²) in [5, 5.41) is 16.0. The minimum Gasteiger partial charge on any atom is -0.475 e. The Labute approximate surface area is 66.1 Å². The highest BCUT2D eigenvalue weighted by Crippen LogP contribution is 2.40. The number of Topliss-reactive ketones (excluding diaryl/α,β-unsaturated/α-hetero) is 1. The summed E-state index contributed by atoms with van der Waals surface area (Å²) >= 11 is 0. The van der Waals surface area contributed by atoms with Crippen LogP contribution in [0.3, 0.4) is 0 Å². The van der Waals surface area contributed by atoms with Crippen LogP contribution in [-0.2, 0) is 14.2 Å². The summed E-state index contributed by atoms with van der Waals surface area (Å²) in [7, 11) is -4.69. The van der Waals surface area contributed by atoms with Gasteiger partial charge >= 0.3 is 19.0 Å². The van der Waals surface area contributed by atoms with Crippen LogP contribution in [0.2, 0.25) is 0 Å². The van der Waals surface area contributed by atoms with Crippen molar-refractivity contribution in [1.82, 2.24) is 0 Å². The molecule has 0 radical (unpaired) electrons. The maximum atomic E-state index is 10.5. The second kappa shape index (κ2) is 3.46. The molecule has 0 aromatic rings. The average Bonchev–Trinajstić information content (AvgIpc) is 1.85. The summed E-state index contributed by atoms with van der Waals surface area (Å²) < 4.78 is 10.5. The molecular formula is C4H5O7P. The van der Waals surface area contributed by atoms with E-state index in [-0.39, 0.29) is 0 Å². The molecular weight excluding hydrogens is 191 g/mol. The van der Waals surface area contributed by atoms with Crippen LogP contribution in [0.25, 0.3) is 0 Å². The van der Waals surface area contributed by atoms with E-state index in [9.17, 15) is 18.9 Å². The number of aliphatic carboxylic acids is 1. The molecule has 0 fully saturated rings. The number of hydrogen-bond donors (Lipinski definition) is 3. The molecule has 0 aromatic carbocycles. The number of hydrogen-bond acceptors (Lipinski definition) is 4. The molecule has 7 nitrogen and oxygen atoms in total. The predicted molar refractivity (Wildman–Crippen MR) is 35.4 cm³/mol. The third-order valence-electron chi connectivity index (χ3n) is 0.895. The molecule has 1 unspecified atom stereocenters. The molecule has 0 aliphatic carbocycles. The summed E-state index contributed by atoms with van der Waals surface area (Å²) in [5.41, 5.74) is -2.07. The lowest BCUT2D eigenvalue weighted by Crippen LogP contribution is -2.18. The van der Waals surface area contributed by atoms with E-state index in [4.69, 9.17) is 15.1 Å². The molecule has 0 aliphatic heterocycles. The fourth-order valence-corrected chi connectivity index (χ4v) is 0.990. The Hall–Kier alpha value is -1.20. The van der Waals surface area contributed by atoms with Crippen LogP contribution in [0, 0.1) is 0 Å². The zero-order chi connectivity index (χ0) is 9.94. The molecule has 68 valence electrons. The van der Waals surface area contributed by atoms with Crippen molar-refractivity contribution in [2.75, 3.05) is 6.16 Å². The molecule has 8 heteroatoms. The number of carbonyl (C=O) groups is 3. The molecule has 0 bridgehead atoms. The topological polar surface area (TPSA) is 129 Å². The molecule has 0 aromatic heterocycles. The van der Waals surface area contributed by atoms with Gasteiger partial charge in [0.2, 0.25) is 5.78 Å². The van der Waals surface area contributed by atoms with Crippen LogP contribution in [0.15, 0.2) is 0 Å². The largest absolute Gasteiger partial charge is 0.475 e. The van der Waals surface area contributed by atoms with Crippen molar-refractivity contribution in [2.45, 2.75) is 0 Å². The molecule has 0 saturated carbocycles. The van der Waals surface area contributed by atoms with Crippen LogP contribution < -0.4 is 0 Å². The van der Waals surface area contributed by atoms with E-state index >= 15 is 0 Å². The van der Waals surface area contributed by atoms with E-state index in [2.05, 4.69) is 0 Å². The van der Waals surface area contributed by atoms with Gasteiger partial charge in [-0.3, -0.25) is 9.36 Å². The van der Waals surface area contributed by atoms with Crippen LogP contribution in [0.5, 0.6) is 0 Å². The SMILES string of the molecule is O=C(O)C(=O)CP(=O)(O)C(=O)O. The van der Waals surface area contributed by atoms with Gasteiger partial charge in [0.05, 0.1) is 0 Å². The van der Waals surface area contributed by atoms with Crippen LogP contribution >= 0.6 is 7.37 Å². The monoisotopic (exact) mass is 196 g/mol. The molecule has 0 amide bonds. The van der Waals surface area contributed by atoms with Crippen molar-refractivity contribution in [3.63, 3.8) is 0 Å². The number of carboxylic acid groups (broad SMARTS) is 2. The van der Waals surface area contributed by atoms with Crippen LogP contribution in [0.4, 0.5) is 4.79 Å². The van der Waals surface area contributed by atoms with E-state index in [1.165, 1.54) is 0 Å².